The molecule has 0 fully saturated rings. The highest BCUT2D eigenvalue weighted by molar-refractivity contribution is 6.01. The number of aryl methyl sites for hydroxylation is 3. The SMILES string of the molecule is Cc1cc(C)c(C2Nc3c(C(=O)NC(C)c4ccccc4)cccc3C3C=CCC32)c(C)c1. The predicted molar refractivity (Wildman–Crippen MR) is 136 cm³/mol. The van der Waals surface area contributed by atoms with Crippen LogP contribution in [0, 0.1) is 26.7 Å². The number of fused-ring (bicyclic) bond motifs is 3. The van der Waals surface area contributed by atoms with Crippen LogP contribution in [-0.4, -0.2) is 5.91 Å². The molecule has 2 N–H and O–H groups in total. The van der Waals surface area contributed by atoms with E-state index in [1.54, 1.807) is 0 Å². The Kier molecular flexibility index (Phi) is 5.57. The van der Waals surface area contributed by atoms with Gasteiger partial charge in [-0.1, -0.05) is 72.3 Å². The van der Waals surface area contributed by atoms with Crippen molar-refractivity contribution in [2.75, 3.05) is 5.32 Å². The van der Waals surface area contributed by atoms with Crippen LogP contribution >= 0.6 is 0 Å². The highest BCUT2D eigenvalue weighted by Crippen LogP contribution is 2.51. The fourth-order valence-electron chi connectivity index (χ4n) is 5.88. The number of hydrogen-bond acceptors (Lipinski definition) is 2. The molecule has 0 saturated heterocycles. The normalized spacial score (nSPS) is 21.6. The van der Waals surface area contributed by atoms with Crippen molar-refractivity contribution in [1.82, 2.24) is 5.32 Å². The summed E-state index contributed by atoms with van der Waals surface area (Å²) in [7, 11) is 0. The number of allylic oxidation sites excluding steroid dienone is 2. The molecule has 4 atom stereocenters. The van der Waals surface area contributed by atoms with E-state index in [0.29, 0.717) is 11.8 Å². The van der Waals surface area contributed by atoms with Crippen molar-refractivity contribution in [2.45, 2.75) is 52.1 Å². The number of carbonyl (C=O) groups excluding carboxylic acids is 1. The number of carbonyl (C=O) groups is 1. The summed E-state index contributed by atoms with van der Waals surface area (Å²) in [6, 6.07) is 20.9. The summed E-state index contributed by atoms with van der Waals surface area (Å²) in [5.74, 6) is 0.747. The van der Waals surface area contributed by atoms with Crippen molar-refractivity contribution in [3.63, 3.8) is 0 Å². The molecule has 168 valence electrons. The summed E-state index contributed by atoms with van der Waals surface area (Å²) >= 11 is 0. The molecule has 1 heterocycles. The second kappa shape index (κ2) is 8.55. The number of amides is 1. The first-order valence-electron chi connectivity index (χ1n) is 11.9. The van der Waals surface area contributed by atoms with Gasteiger partial charge in [-0.2, -0.15) is 0 Å². The van der Waals surface area contributed by atoms with Gasteiger partial charge in [0.25, 0.3) is 5.91 Å². The molecule has 3 nitrogen and oxygen atoms in total. The van der Waals surface area contributed by atoms with E-state index in [2.05, 4.69) is 73.9 Å². The van der Waals surface area contributed by atoms with Crippen molar-refractivity contribution >= 4 is 11.6 Å². The molecule has 5 rings (SSSR count). The van der Waals surface area contributed by atoms with Gasteiger partial charge in [0, 0.05) is 5.92 Å². The molecule has 1 aliphatic carbocycles. The second-order valence-corrected chi connectivity index (χ2v) is 9.66. The summed E-state index contributed by atoms with van der Waals surface area (Å²) in [6.45, 7) is 8.62. The van der Waals surface area contributed by atoms with Crippen LogP contribution in [-0.2, 0) is 0 Å². The Morgan fingerprint density at radius 1 is 1.00 bits per heavy atom. The van der Waals surface area contributed by atoms with E-state index in [1.807, 2.05) is 37.3 Å². The Morgan fingerprint density at radius 3 is 2.45 bits per heavy atom. The Morgan fingerprint density at radius 2 is 1.73 bits per heavy atom. The first-order valence-corrected chi connectivity index (χ1v) is 11.9. The van der Waals surface area contributed by atoms with Gasteiger partial charge in [0.05, 0.1) is 23.3 Å². The van der Waals surface area contributed by atoms with Crippen molar-refractivity contribution in [2.24, 2.45) is 5.92 Å². The summed E-state index contributed by atoms with van der Waals surface area (Å²) in [5.41, 5.74) is 9.34. The summed E-state index contributed by atoms with van der Waals surface area (Å²) in [6.07, 6.45) is 5.70. The fraction of sp³-hybridized carbons (Fsp3) is 0.300. The lowest BCUT2D eigenvalue weighted by Crippen LogP contribution is -2.33. The average Bonchev–Trinajstić information content (AvgIpc) is 3.29. The van der Waals surface area contributed by atoms with E-state index in [4.69, 9.17) is 0 Å². The minimum Gasteiger partial charge on any atom is -0.377 e. The Hall–Kier alpha value is -3.33. The van der Waals surface area contributed by atoms with Gasteiger partial charge in [-0.05, 0) is 73.9 Å². The lowest BCUT2D eigenvalue weighted by molar-refractivity contribution is 0.0940. The van der Waals surface area contributed by atoms with Crippen LogP contribution in [0.25, 0.3) is 0 Å². The first kappa shape index (κ1) is 21.5. The quantitative estimate of drug-likeness (QED) is 0.435. The molecule has 3 aromatic rings. The maximum Gasteiger partial charge on any atom is 0.253 e. The van der Waals surface area contributed by atoms with Gasteiger partial charge in [0.2, 0.25) is 0 Å². The van der Waals surface area contributed by atoms with Gasteiger partial charge in [-0.15, -0.1) is 0 Å². The summed E-state index contributed by atoms with van der Waals surface area (Å²) < 4.78 is 0. The molecule has 3 aromatic carbocycles. The highest BCUT2D eigenvalue weighted by Gasteiger charge is 2.40. The molecule has 1 aliphatic heterocycles. The molecule has 33 heavy (non-hydrogen) atoms. The van der Waals surface area contributed by atoms with Crippen LogP contribution in [0.1, 0.15) is 75.1 Å². The van der Waals surface area contributed by atoms with E-state index >= 15 is 0 Å². The van der Waals surface area contributed by atoms with Gasteiger partial charge in [-0.3, -0.25) is 4.79 Å². The van der Waals surface area contributed by atoms with Crippen molar-refractivity contribution in [1.29, 1.82) is 0 Å². The van der Waals surface area contributed by atoms with E-state index < -0.39 is 0 Å². The van der Waals surface area contributed by atoms with Crippen LogP contribution in [0.3, 0.4) is 0 Å². The molecular weight excluding hydrogens is 404 g/mol. The maximum atomic E-state index is 13.4. The molecule has 0 aromatic heterocycles. The minimum absolute atomic E-state index is 0.0350. The standard InChI is InChI=1S/C30H32N2O/c1-18-16-19(2)27(20(3)17-18)29-25-14-8-12-23(25)24-13-9-15-26(28(24)32-29)30(33)31-21(4)22-10-6-5-7-11-22/h5-13,15-17,21,23,25,29,32H,14H2,1-4H3,(H,31,33). The second-order valence-electron chi connectivity index (χ2n) is 9.66. The number of para-hydroxylation sites is 1. The Bertz CT molecular complexity index is 1200. The Balaban J connectivity index is 1.53. The molecule has 1 amide bonds. The molecule has 4 unspecified atom stereocenters. The van der Waals surface area contributed by atoms with Gasteiger partial charge in [0.1, 0.15) is 0 Å². The van der Waals surface area contributed by atoms with Crippen LogP contribution in [0.15, 0.2) is 72.8 Å². The van der Waals surface area contributed by atoms with E-state index in [0.717, 1.165) is 23.2 Å². The highest BCUT2D eigenvalue weighted by atomic mass is 16.1. The predicted octanol–water partition coefficient (Wildman–Crippen LogP) is 6.93. The van der Waals surface area contributed by atoms with Gasteiger partial charge < -0.3 is 10.6 Å². The summed E-state index contributed by atoms with van der Waals surface area (Å²) in [5, 5.41) is 7.06. The monoisotopic (exact) mass is 436 g/mol. The van der Waals surface area contributed by atoms with Crippen LogP contribution < -0.4 is 10.6 Å². The number of benzene rings is 3. The van der Waals surface area contributed by atoms with E-state index in [1.165, 1.54) is 27.8 Å². The lowest BCUT2D eigenvalue weighted by Gasteiger charge is -2.39. The smallest absolute Gasteiger partial charge is 0.253 e. The summed E-state index contributed by atoms with van der Waals surface area (Å²) in [4.78, 5) is 13.4. The molecule has 0 radical (unpaired) electrons. The zero-order valence-electron chi connectivity index (χ0n) is 19.9. The Labute approximate surface area is 196 Å². The van der Waals surface area contributed by atoms with Gasteiger partial charge >= 0.3 is 0 Å². The number of rotatable bonds is 4. The van der Waals surface area contributed by atoms with Gasteiger partial charge in [0.15, 0.2) is 0 Å². The maximum absolute atomic E-state index is 13.4. The molecule has 0 saturated carbocycles. The third-order valence-corrected chi connectivity index (χ3v) is 7.34. The largest absolute Gasteiger partial charge is 0.377 e. The molecular formula is C30H32N2O. The zero-order chi connectivity index (χ0) is 23.1. The van der Waals surface area contributed by atoms with Crippen LogP contribution in [0.4, 0.5) is 5.69 Å². The van der Waals surface area contributed by atoms with Crippen molar-refractivity contribution < 1.29 is 4.79 Å². The first-order chi connectivity index (χ1) is 15.9. The molecule has 0 spiro atoms. The number of anilines is 1. The van der Waals surface area contributed by atoms with E-state index in [9.17, 15) is 4.79 Å². The number of hydrogen-bond donors (Lipinski definition) is 2. The van der Waals surface area contributed by atoms with Crippen LogP contribution in [0.2, 0.25) is 0 Å². The molecule has 3 heteroatoms. The molecule has 2 aliphatic rings. The van der Waals surface area contributed by atoms with Crippen molar-refractivity contribution in [3.05, 3.63) is 112 Å². The van der Waals surface area contributed by atoms with E-state index in [-0.39, 0.29) is 18.0 Å². The minimum atomic E-state index is -0.0605. The van der Waals surface area contributed by atoms with Crippen molar-refractivity contribution in [3.8, 4) is 0 Å². The molecule has 0 bridgehead atoms. The average molecular weight is 437 g/mol. The number of nitrogens with one attached hydrogen (secondary N) is 2. The topological polar surface area (TPSA) is 41.1 Å². The van der Waals surface area contributed by atoms with Crippen LogP contribution in [0.5, 0.6) is 0 Å². The van der Waals surface area contributed by atoms with Gasteiger partial charge in [-0.25, -0.2) is 0 Å². The third-order valence-electron chi connectivity index (χ3n) is 7.34. The fourth-order valence-corrected chi connectivity index (χ4v) is 5.88. The lowest BCUT2D eigenvalue weighted by atomic mass is 9.74. The third kappa shape index (κ3) is 3.86. The zero-order valence-corrected chi connectivity index (χ0v) is 19.9.